The molecule has 6 aliphatic rings. The van der Waals surface area contributed by atoms with E-state index in [-0.39, 0.29) is 11.5 Å². The first kappa shape index (κ1) is 34.6. The highest BCUT2D eigenvalue weighted by Gasteiger charge is 2.49. The highest BCUT2D eigenvalue weighted by Crippen LogP contribution is 2.58. The fraction of sp³-hybridized carbons (Fsp3) is 0.196. The minimum atomic E-state index is 0.156. The van der Waals surface area contributed by atoms with Crippen LogP contribution in [0.4, 0.5) is 5.69 Å². The van der Waals surface area contributed by atoms with Crippen LogP contribution in [-0.4, -0.2) is 21.6 Å². The summed E-state index contributed by atoms with van der Waals surface area (Å²) < 4.78 is 2.49. The van der Waals surface area contributed by atoms with Crippen molar-refractivity contribution in [3.8, 4) is 28.1 Å². The number of para-hydroxylation sites is 1. The molecular weight excluding hydrogens is 715 g/mol. The van der Waals surface area contributed by atoms with E-state index in [0.717, 1.165) is 36.2 Å². The van der Waals surface area contributed by atoms with Crippen molar-refractivity contribution in [2.75, 3.05) is 4.90 Å². The fourth-order valence-electron chi connectivity index (χ4n) is 11.5. The maximum atomic E-state index is 4.77. The zero-order valence-corrected chi connectivity index (χ0v) is 33.7. The lowest BCUT2D eigenvalue weighted by atomic mass is 9.75. The van der Waals surface area contributed by atoms with Crippen LogP contribution in [-0.2, 0) is 6.42 Å². The molecule has 2 aromatic heterocycles. The average Bonchev–Trinajstić information content (AvgIpc) is 3.89. The molecule has 4 aromatic carbocycles. The number of allylic oxidation sites excluding steroid dienone is 9. The fourth-order valence-corrected chi connectivity index (χ4v) is 11.5. The highest BCUT2D eigenvalue weighted by molar-refractivity contribution is 5.95. The molecule has 0 spiro atoms. The number of pyridine rings is 1. The Kier molecular flexibility index (Phi) is 7.79. The summed E-state index contributed by atoms with van der Waals surface area (Å²) in [5.74, 6) is 1.29. The van der Waals surface area contributed by atoms with Crippen LogP contribution in [0.5, 0.6) is 0 Å². The van der Waals surface area contributed by atoms with E-state index < -0.39 is 0 Å². The van der Waals surface area contributed by atoms with Crippen LogP contribution in [0.25, 0.3) is 50.6 Å². The Morgan fingerprint density at radius 1 is 0.712 bits per heavy atom. The predicted octanol–water partition coefficient (Wildman–Crippen LogP) is 13.3. The van der Waals surface area contributed by atoms with Crippen LogP contribution in [0.2, 0.25) is 0 Å². The van der Waals surface area contributed by atoms with E-state index in [9.17, 15) is 0 Å². The van der Waals surface area contributed by atoms with Crippen LogP contribution in [0.15, 0.2) is 187 Å². The minimum Gasteiger partial charge on any atom is -0.357 e. The SMILES string of the molecule is CC1(C)C2=CCC(N3c4ccccc4C4C=C(c5ccc6c(c5)c5c(n6-c6cc(-c7ccccc7)cc(-c7ccccn7)c6)C=CCC5)C=CC43)C=C2C2C=CC=CC21. The number of anilines is 1. The first-order valence-corrected chi connectivity index (χ1v) is 21.5. The third-order valence-electron chi connectivity index (χ3n) is 14.2. The van der Waals surface area contributed by atoms with Crippen LogP contribution in [0.1, 0.15) is 55.0 Å². The molecule has 5 atom stereocenters. The monoisotopic (exact) mass is 761 g/mol. The molecule has 286 valence electrons. The van der Waals surface area contributed by atoms with E-state index in [1.807, 2.05) is 12.3 Å². The lowest BCUT2D eigenvalue weighted by molar-refractivity contribution is 0.333. The molecule has 1 fully saturated rings. The van der Waals surface area contributed by atoms with Gasteiger partial charge in [0.25, 0.3) is 0 Å². The lowest BCUT2D eigenvalue weighted by Crippen LogP contribution is -2.41. The van der Waals surface area contributed by atoms with Gasteiger partial charge in [-0.15, -0.1) is 0 Å². The quantitative estimate of drug-likeness (QED) is 0.174. The van der Waals surface area contributed by atoms with Gasteiger partial charge in [0, 0.05) is 46.1 Å². The molecule has 12 rings (SSSR count). The van der Waals surface area contributed by atoms with Crippen LogP contribution >= 0.6 is 0 Å². The van der Waals surface area contributed by atoms with Gasteiger partial charge in [-0.1, -0.05) is 135 Å². The molecular formula is C56H47N3. The number of fused-ring (bicyclic) bond motifs is 9. The summed E-state index contributed by atoms with van der Waals surface area (Å²) in [5, 5.41) is 1.34. The van der Waals surface area contributed by atoms with E-state index in [1.165, 1.54) is 55.7 Å². The summed E-state index contributed by atoms with van der Waals surface area (Å²) in [6.07, 6.45) is 31.8. The number of hydrogen-bond donors (Lipinski definition) is 0. The van der Waals surface area contributed by atoms with Crippen LogP contribution in [0.3, 0.4) is 0 Å². The predicted molar refractivity (Wildman–Crippen MR) is 245 cm³/mol. The Bertz CT molecular complexity index is 2850. The van der Waals surface area contributed by atoms with Crippen molar-refractivity contribution in [2.45, 2.75) is 51.1 Å². The maximum Gasteiger partial charge on any atom is 0.0702 e. The van der Waals surface area contributed by atoms with Crippen LogP contribution in [0, 0.1) is 17.3 Å². The molecule has 1 saturated carbocycles. The molecule has 3 nitrogen and oxygen atoms in total. The third-order valence-corrected chi connectivity index (χ3v) is 14.2. The summed E-state index contributed by atoms with van der Waals surface area (Å²) in [4.78, 5) is 7.51. The molecule has 0 radical (unpaired) electrons. The van der Waals surface area contributed by atoms with E-state index in [4.69, 9.17) is 4.98 Å². The van der Waals surface area contributed by atoms with Gasteiger partial charge in [0.2, 0.25) is 0 Å². The smallest absolute Gasteiger partial charge is 0.0702 e. The summed E-state index contributed by atoms with van der Waals surface area (Å²) in [7, 11) is 0. The second kappa shape index (κ2) is 13.3. The van der Waals surface area contributed by atoms with Gasteiger partial charge < -0.3 is 9.47 Å². The Balaban J connectivity index is 0.930. The second-order valence-corrected chi connectivity index (χ2v) is 17.8. The van der Waals surface area contributed by atoms with Gasteiger partial charge in [-0.05, 0) is 130 Å². The van der Waals surface area contributed by atoms with Crippen molar-refractivity contribution in [1.82, 2.24) is 9.55 Å². The number of aromatic nitrogens is 2. The summed E-state index contributed by atoms with van der Waals surface area (Å²) in [5.41, 5.74) is 18.3. The van der Waals surface area contributed by atoms with Crippen molar-refractivity contribution < 1.29 is 0 Å². The number of nitrogens with zero attached hydrogens (tertiary/aromatic N) is 3. The number of benzene rings is 4. The zero-order chi connectivity index (χ0) is 39.2. The Morgan fingerprint density at radius 3 is 2.46 bits per heavy atom. The molecule has 3 heteroatoms. The molecule has 5 unspecified atom stereocenters. The molecule has 0 N–H and O–H groups in total. The van der Waals surface area contributed by atoms with Gasteiger partial charge in [-0.3, -0.25) is 4.98 Å². The summed E-state index contributed by atoms with van der Waals surface area (Å²) in [6.45, 7) is 4.89. The summed E-state index contributed by atoms with van der Waals surface area (Å²) in [6, 6.07) is 40.8. The molecule has 0 amide bonds. The largest absolute Gasteiger partial charge is 0.357 e. The molecule has 0 bridgehead atoms. The lowest BCUT2D eigenvalue weighted by Gasteiger charge is -2.37. The Hall–Kier alpha value is -6.45. The van der Waals surface area contributed by atoms with Gasteiger partial charge in [-0.25, -0.2) is 0 Å². The summed E-state index contributed by atoms with van der Waals surface area (Å²) >= 11 is 0. The van der Waals surface area contributed by atoms with Crippen molar-refractivity contribution in [3.63, 3.8) is 0 Å². The normalized spacial score (nSPS) is 24.2. The molecule has 5 aliphatic carbocycles. The van der Waals surface area contributed by atoms with Crippen molar-refractivity contribution in [2.24, 2.45) is 17.3 Å². The van der Waals surface area contributed by atoms with Crippen molar-refractivity contribution >= 4 is 28.2 Å². The molecule has 1 aliphatic heterocycles. The molecule has 59 heavy (non-hydrogen) atoms. The second-order valence-electron chi connectivity index (χ2n) is 17.8. The van der Waals surface area contributed by atoms with Gasteiger partial charge >= 0.3 is 0 Å². The first-order chi connectivity index (χ1) is 29.0. The zero-order valence-electron chi connectivity index (χ0n) is 33.7. The maximum absolute atomic E-state index is 4.77. The van der Waals surface area contributed by atoms with E-state index in [2.05, 4.69) is 193 Å². The standard InChI is InChI=1S/C56H47N3/c1-56(2)49-19-9-6-16-43(49)46-35-41(25-26-50(46)56)58-52-21-10-7-17-44(52)47-33-37(23-27-54(47)58)38-24-28-55-48(34-38)45-18-8-11-22-53(45)59(55)42-31-39(36-14-4-3-5-15-36)30-40(32-42)51-20-12-13-29-57-51/h3-7,9-17,19-24,26-35,41,43,47,49,54H,8,18,25H2,1-2H3. The van der Waals surface area contributed by atoms with Crippen molar-refractivity contribution in [3.05, 3.63) is 210 Å². The van der Waals surface area contributed by atoms with Crippen LogP contribution < -0.4 is 4.90 Å². The molecule has 0 saturated heterocycles. The van der Waals surface area contributed by atoms with E-state index >= 15 is 0 Å². The molecule has 3 heterocycles. The Labute approximate surface area is 347 Å². The number of rotatable bonds is 5. The topological polar surface area (TPSA) is 21.1 Å². The van der Waals surface area contributed by atoms with Gasteiger partial charge in [0.15, 0.2) is 0 Å². The number of aryl methyl sites for hydroxylation is 1. The van der Waals surface area contributed by atoms with E-state index in [1.54, 1.807) is 11.1 Å². The van der Waals surface area contributed by atoms with Gasteiger partial charge in [-0.2, -0.15) is 0 Å². The highest BCUT2D eigenvalue weighted by atomic mass is 15.2. The third kappa shape index (κ3) is 5.37. The average molecular weight is 762 g/mol. The Morgan fingerprint density at radius 2 is 1.56 bits per heavy atom. The minimum absolute atomic E-state index is 0.156. The number of hydrogen-bond acceptors (Lipinski definition) is 2. The van der Waals surface area contributed by atoms with Gasteiger partial charge in [0.05, 0.1) is 23.3 Å². The van der Waals surface area contributed by atoms with Gasteiger partial charge in [0.1, 0.15) is 0 Å². The first-order valence-electron chi connectivity index (χ1n) is 21.5. The van der Waals surface area contributed by atoms with E-state index in [0.29, 0.717) is 23.8 Å². The molecule has 6 aromatic rings. The van der Waals surface area contributed by atoms with Crippen molar-refractivity contribution in [1.29, 1.82) is 0 Å².